The molecule has 0 saturated carbocycles. The lowest BCUT2D eigenvalue weighted by molar-refractivity contribution is -0.114. The van der Waals surface area contributed by atoms with Crippen molar-refractivity contribution in [1.82, 2.24) is 4.98 Å². The number of phenols is 1. The molecule has 170 valence electrons. The Balaban J connectivity index is 1.84. The Morgan fingerprint density at radius 1 is 1.21 bits per heavy atom. The predicted octanol–water partition coefficient (Wildman–Crippen LogP) is 2.99. The van der Waals surface area contributed by atoms with Gasteiger partial charge in [-0.25, -0.2) is 13.6 Å². The summed E-state index contributed by atoms with van der Waals surface area (Å²) in [5.74, 6) is 2.36. The number of hydrogen-bond acceptors (Lipinski definition) is 7. The van der Waals surface area contributed by atoms with Crippen molar-refractivity contribution in [3.8, 4) is 16.9 Å². The molecule has 3 rings (SSSR count). The third kappa shape index (κ3) is 5.29. The molecular formula is C22H20FN5O4S. The van der Waals surface area contributed by atoms with Gasteiger partial charge in [-0.15, -0.1) is 0 Å². The first-order chi connectivity index (χ1) is 15.7. The first-order valence-corrected chi connectivity index (χ1v) is 10.5. The summed E-state index contributed by atoms with van der Waals surface area (Å²) in [5.41, 5.74) is 6.74. The van der Waals surface area contributed by atoms with E-state index in [1.165, 1.54) is 37.4 Å². The van der Waals surface area contributed by atoms with Gasteiger partial charge in [0.25, 0.3) is 5.91 Å². The van der Waals surface area contributed by atoms with Crippen LogP contribution in [0.15, 0.2) is 71.5 Å². The van der Waals surface area contributed by atoms with Crippen LogP contribution < -0.4 is 16.9 Å². The van der Waals surface area contributed by atoms with E-state index in [4.69, 9.17) is 17.0 Å². The molecular weight excluding hydrogens is 449 g/mol. The number of amidine groups is 1. The number of aromatic hydroxyl groups is 1. The topological polar surface area (TPSA) is 164 Å². The molecule has 7 N–H and O–H groups in total. The van der Waals surface area contributed by atoms with Crippen molar-refractivity contribution >= 4 is 34.2 Å². The molecule has 0 spiro atoms. The zero-order valence-electron chi connectivity index (χ0n) is 17.3. The summed E-state index contributed by atoms with van der Waals surface area (Å²) in [6, 6.07) is 13.8. The van der Waals surface area contributed by atoms with Crippen molar-refractivity contribution in [2.75, 3.05) is 5.32 Å². The first-order valence-electron chi connectivity index (χ1n) is 9.43. The lowest BCUT2D eigenvalue weighted by Gasteiger charge is -2.10. The number of nitrogens with two attached hydrogens (primary N) is 2. The molecule has 1 atom stereocenters. The molecule has 0 aliphatic heterocycles. The summed E-state index contributed by atoms with van der Waals surface area (Å²) in [6.45, 7) is 1.32. The molecule has 0 bridgehead atoms. The molecule has 1 amide bonds. The van der Waals surface area contributed by atoms with E-state index in [-0.39, 0.29) is 34.1 Å². The van der Waals surface area contributed by atoms with Gasteiger partial charge in [-0.3, -0.25) is 10.2 Å². The smallest absolute Gasteiger partial charge is 0.285 e. The Morgan fingerprint density at radius 2 is 1.94 bits per heavy atom. The van der Waals surface area contributed by atoms with Crippen molar-refractivity contribution in [3.05, 3.63) is 77.7 Å². The minimum absolute atomic E-state index is 0.0328. The average molecular weight is 469 g/mol. The van der Waals surface area contributed by atoms with Gasteiger partial charge >= 0.3 is 0 Å². The third-order valence-corrected chi connectivity index (χ3v) is 5.60. The number of rotatable bonds is 7. The number of anilines is 1. The van der Waals surface area contributed by atoms with E-state index in [2.05, 4.69) is 14.6 Å². The number of nitrogen functional groups attached to an aromatic ring is 1. The molecule has 1 unspecified atom stereocenters. The summed E-state index contributed by atoms with van der Waals surface area (Å²) >= 11 is -1.87. The number of aromatic nitrogens is 1. The van der Waals surface area contributed by atoms with Crippen LogP contribution in [0.4, 0.5) is 10.2 Å². The van der Waals surface area contributed by atoms with E-state index >= 15 is 0 Å². The monoisotopic (exact) mass is 469 g/mol. The van der Waals surface area contributed by atoms with E-state index in [9.17, 15) is 18.5 Å². The number of nitrogens with zero attached hydrogens (tertiary/aromatic N) is 1. The fourth-order valence-corrected chi connectivity index (χ4v) is 3.65. The van der Waals surface area contributed by atoms with Crippen LogP contribution in [-0.4, -0.2) is 26.0 Å². The highest BCUT2D eigenvalue weighted by molar-refractivity contribution is 7.80. The van der Waals surface area contributed by atoms with Gasteiger partial charge in [0, 0.05) is 34.0 Å². The number of allylic oxidation sites excluding steroid dienone is 1. The number of nitrogens with one attached hydrogen (secondary N) is 2. The van der Waals surface area contributed by atoms with Crippen LogP contribution in [-0.2, 0) is 20.2 Å². The number of carbonyl (C=O) groups excluding carboxylic acids is 1. The van der Waals surface area contributed by atoms with Crippen LogP contribution in [0.2, 0.25) is 0 Å². The fourth-order valence-electron chi connectivity index (χ4n) is 2.99. The maximum Gasteiger partial charge on any atom is 0.285 e. The molecule has 0 fully saturated rings. The highest BCUT2D eigenvalue weighted by Crippen LogP contribution is 2.30. The maximum absolute atomic E-state index is 14.8. The van der Waals surface area contributed by atoms with Gasteiger partial charge in [0.05, 0.1) is 4.90 Å². The molecule has 1 heterocycles. The second kappa shape index (κ2) is 10.1. The van der Waals surface area contributed by atoms with E-state index in [1.54, 1.807) is 30.3 Å². The van der Waals surface area contributed by atoms with E-state index in [0.717, 1.165) is 0 Å². The van der Waals surface area contributed by atoms with E-state index in [1.807, 2.05) is 0 Å². The van der Waals surface area contributed by atoms with Crippen LogP contribution in [0.5, 0.6) is 5.75 Å². The second-order valence-corrected chi connectivity index (χ2v) is 7.90. The molecule has 0 aliphatic rings. The van der Waals surface area contributed by atoms with Crippen LogP contribution in [0.25, 0.3) is 16.7 Å². The molecule has 0 aliphatic carbocycles. The quantitative estimate of drug-likeness (QED) is 0.154. The summed E-state index contributed by atoms with van der Waals surface area (Å²) in [6.07, 6.45) is 1.42. The van der Waals surface area contributed by atoms with Gasteiger partial charge in [0.2, 0.25) is 11.1 Å². The average Bonchev–Trinajstić information content (AvgIpc) is 2.83. The Kier molecular flexibility index (Phi) is 7.28. The molecule has 0 radical (unpaired) electrons. The highest BCUT2D eigenvalue weighted by Gasteiger charge is 2.18. The van der Waals surface area contributed by atoms with Crippen LogP contribution in [0, 0.1) is 5.41 Å². The van der Waals surface area contributed by atoms with Crippen molar-refractivity contribution in [2.24, 2.45) is 11.6 Å². The van der Waals surface area contributed by atoms with Crippen LogP contribution >= 0.6 is 0 Å². The summed E-state index contributed by atoms with van der Waals surface area (Å²) < 4.78 is 31.1. The molecule has 2 aromatic carbocycles. The molecule has 0 saturated heterocycles. The van der Waals surface area contributed by atoms with Gasteiger partial charge in [-0.05, 0) is 43.3 Å². The number of phenolic OH excluding ortho intramolecular Hbond substituents is 1. The van der Waals surface area contributed by atoms with Gasteiger partial charge < -0.3 is 16.2 Å². The van der Waals surface area contributed by atoms with Crippen molar-refractivity contribution in [1.29, 1.82) is 5.41 Å². The first kappa shape index (κ1) is 23.7. The van der Waals surface area contributed by atoms with Crippen molar-refractivity contribution in [2.45, 2.75) is 11.8 Å². The lowest BCUT2D eigenvalue weighted by atomic mass is 10.0. The minimum Gasteiger partial charge on any atom is -0.507 e. The largest absolute Gasteiger partial charge is 0.507 e. The number of halogens is 1. The minimum atomic E-state index is -1.87. The lowest BCUT2D eigenvalue weighted by Crippen LogP contribution is -2.14. The number of carbonyl (C=O) groups is 1. The highest BCUT2D eigenvalue weighted by atomic mass is 32.2. The molecule has 11 heteroatoms. The molecule has 1 aromatic heterocycles. The third-order valence-electron chi connectivity index (χ3n) is 4.71. The van der Waals surface area contributed by atoms with Gasteiger partial charge in [0.1, 0.15) is 17.4 Å². The Morgan fingerprint density at radius 3 is 2.58 bits per heavy atom. The molecule has 3 aromatic rings. The number of hydrogen-bond donors (Lipinski definition) is 5. The normalized spacial score (nSPS) is 12.6. The van der Waals surface area contributed by atoms with Gasteiger partial charge in [0.15, 0.2) is 5.83 Å². The molecule has 9 nitrogen and oxygen atoms in total. The maximum atomic E-state index is 14.8. The molecule has 33 heavy (non-hydrogen) atoms. The number of benzene rings is 2. The zero-order chi connectivity index (χ0) is 24.1. The Hall–Kier alpha value is -3.93. The second-order valence-electron chi connectivity index (χ2n) is 6.80. The van der Waals surface area contributed by atoms with Crippen LogP contribution in [0.1, 0.15) is 18.1 Å². The summed E-state index contributed by atoms with van der Waals surface area (Å²) in [5, 5.41) is 19.9. The van der Waals surface area contributed by atoms with Crippen molar-refractivity contribution in [3.63, 3.8) is 0 Å². The fraction of sp³-hybridized carbons (Fsp3) is 0.0455. The summed E-state index contributed by atoms with van der Waals surface area (Å²) in [4.78, 5) is 16.8. The van der Waals surface area contributed by atoms with E-state index < -0.39 is 22.8 Å². The number of pyridine rings is 1. The van der Waals surface area contributed by atoms with Crippen LogP contribution in [0.3, 0.4) is 0 Å². The van der Waals surface area contributed by atoms with Gasteiger partial charge in [-0.1, -0.05) is 18.2 Å². The predicted molar refractivity (Wildman–Crippen MR) is 123 cm³/mol. The van der Waals surface area contributed by atoms with Gasteiger partial charge in [-0.2, -0.15) is 10.2 Å². The van der Waals surface area contributed by atoms with E-state index in [0.29, 0.717) is 16.0 Å². The zero-order valence-corrected chi connectivity index (χ0v) is 18.2. The standard InChI is InChI=1S/C22H20FN5O4S/c1-12(16-10-13(21(24)25)6-8-17(16)29)20(23)22(30)28-19-9-7-14(11-27-19)15-4-2-3-5-18(15)33(31)32-26/h2-11,29H,26H2,1H3,(H3,24,25)(H,27,28,30)/b20-12+. The van der Waals surface area contributed by atoms with Crippen molar-refractivity contribution < 1.29 is 22.8 Å². The summed E-state index contributed by atoms with van der Waals surface area (Å²) in [7, 11) is 0. The number of amides is 1. The SMILES string of the molecule is C/C(=C(\F)C(=O)Nc1ccc(-c2ccccc2S(=O)ON)cn1)c1cc(C(=N)N)ccc1O. The Bertz CT molecular complexity index is 1280. The Labute approximate surface area is 191 Å².